The van der Waals surface area contributed by atoms with Crippen LogP contribution in [0.25, 0.3) is 0 Å². The lowest BCUT2D eigenvalue weighted by atomic mass is 10.2. The fourth-order valence-corrected chi connectivity index (χ4v) is 2.18. The quantitative estimate of drug-likeness (QED) is 0.890. The number of hydrogen-bond donors (Lipinski definition) is 2. The number of ether oxygens (including phenoxy) is 1. The maximum absolute atomic E-state index is 12.0. The van der Waals surface area contributed by atoms with Crippen LogP contribution in [0.2, 0.25) is 0 Å². The van der Waals surface area contributed by atoms with Crippen LogP contribution in [0.1, 0.15) is 19.8 Å². The molecule has 1 aliphatic heterocycles. The van der Waals surface area contributed by atoms with Crippen molar-refractivity contribution in [3.63, 3.8) is 0 Å². The molecular formula is C14H19N3O3. The summed E-state index contributed by atoms with van der Waals surface area (Å²) in [6.07, 6.45) is 2.11. The third-order valence-electron chi connectivity index (χ3n) is 3.16. The van der Waals surface area contributed by atoms with Gasteiger partial charge in [-0.1, -0.05) is 0 Å². The average Bonchev–Trinajstić information content (AvgIpc) is 2.94. The number of likely N-dealkylation sites (tertiary alicyclic amines) is 1. The average molecular weight is 277 g/mol. The molecule has 0 atom stereocenters. The smallest absolute Gasteiger partial charge is 0.321 e. The summed E-state index contributed by atoms with van der Waals surface area (Å²) in [6, 6.07) is 5.04. The summed E-state index contributed by atoms with van der Waals surface area (Å²) in [5.74, 6) is 0.344. The Morgan fingerprint density at radius 2 is 1.90 bits per heavy atom. The van der Waals surface area contributed by atoms with Crippen molar-refractivity contribution in [1.82, 2.24) is 4.90 Å². The van der Waals surface area contributed by atoms with E-state index in [-0.39, 0.29) is 11.9 Å². The van der Waals surface area contributed by atoms with E-state index in [1.807, 2.05) is 0 Å². The molecule has 6 nitrogen and oxygen atoms in total. The van der Waals surface area contributed by atoms with Crippen LogP contribution in [0.15, 0.2) is 18.2 Å². The highest BCUT2D eigenvalue weighted by Crippen LogP contribution is 2.28. The van der Waals surface area contributed by atoms with E-state index in [4.69, 9.17) is 4.74 Å². The molecule has 1 aromatic rings. The number of amides is 3. The van der Waals surface area contributed by atoms with Crippen LogP contribution in [-0.2, 0) is 4.79 Å². The van der Waals surface area contributed by atoms with Gasteiger partial charge in [-0.05, 0) is 25.0 Å². The second-order valence-corrected chi connectivity index (χ2v) is 4.72. The van der Waals surface area contributed by atoms with E-state index in [9.17, 15) is 9.59 Å². The molecule has 3 amide bonds. The lowest BCUT2D eigenvalue weighted by Gasteiger charge is -2.17. The van der Waals surface area contributed by atoms with Crippen molar-refractivity contribution in [3.05, 3.63) is 18.2 Å². The second-order valence-electron chi connectivity index (χ2n) is 4.72. The highest BCUT2D eigenvalue weighted by atomic mass is 16.5. The molecule has 0 aliphatic carbocycles. The fourth-order valence-electron chi connectivity index (χ4n) is 2.18. The number of methoxy groups -OCH3 is 1. The maximum atomic E-state index is 12.0. The van der Waals surface area contributed by atoms with Gasteiger partial charge in [-0.3, -0.25) is 4.79 Å². The highest BCUT2D eigenvalue weighted by molar-refractivity contribution is 5.93. The largest absolute Gasteiger partial charge is 0.494 e. The molecule has 0 aromatic heterocycles. The predicted octanol–water partition coefficient (Wildman–Crippen LogP) is 2.28. The third-order valence-corrected chi connectivity index (χ3v) is 3.16. The molecule has 0 saturated carbocycles. The van der Waals surface area contributed by atoms with Crippen LogP contribution in [0, 0.1) is 0 Å². The van der Waals surface area contributed by atoms with Crippen LogP contribution in [-0.4, -0.2) is 37.0 Å². The maximum Gasteiger partial charge on any atom is 0.321 e. The number of carbonyl (C=O) groups is 2. The van der Waals surface area contributed by atoms with Crippen molar-refractivity contribution in [1.29, 1.82) is 0 Å². The number of carbonyl (C=O) groups excluding carboxylic acids is 2. The zero-order chi connectivity index (χ0) is 14.5. The molecule has 2 N–H and O–H groups in total. The summed E-state index contributed by atoms with van der Waals surface area (Å²) in [5.41, 5.74) is 1.23. The first-order chi connectivity index (χ1) is 9.60. The van der Waals surface area contributed by atoms with E-state index in [2.05, 4.69) is 10.6 Å². The van der Waals surface area contributed by atoms with Crippen molar-refractivity contribution in [2.24, 2.45) is 0 Å². The first-order valence-corrected chi connectivity index (χ1v) is 6.61. The van der Waals surface area contributed by atoms with Gasteiger partial charge in [0.05, 0.1) is 12.8 Å². The van der Waals surface area contributed by atoms with E-state index in [1.54, 1.807) is 23.1 Å². The Morgan fingerprint density at radius 3 is 2.50 bits per heavy atom. The number of benzene rings is 1. The molecule has 1 aromatic carbocycles. The van der Waals surface area contributed by atoms with Gasteiger partial charge in [0.15, 0.2) is 0 Å². The summed E-state index contributed by atoms with van der Waals surface area (Å²) in [4.78, 5) is 24.8. The standard InChI is InChI=1S/C14H19N3O3/c1-10(18)15-12-6-5-11(9-13(12)20-2)16-14(19)17-7-3-4-8-17/h5-6,9H,3-4,7-8H2,1-2H3,(H,15,18)(H,16,19). The molecule has 0 unspecified atom stereocenters. The number of urea groups is 1. The lowest BCUT2D eigenvalue weighted by Crippen LogP contribution is -2.32. The number of nitrogens with zero attached hydrogens (tertiary/aromatic N) is 1. The Bertz CT molecular complexity index is 510. The zero-order valence-electron chi connectivity index (χ0n) is 11.7. The molecule has 20 heavy (non-hydrogen) atoms. The molecule has 1 fully saturated rings. The number of anilines is 2. The molecule has 0 spiro atoms. The van der Waals surface area contributed by atoms with Gasteiger partial charge in [-0.25, -0.2) is 4.79 Å². The molecule has 1 saturated heterocycles. The van der Waals surface area contributed by atoms with Gasteiger partial charge in [-0.15, -0.1) is 0 Å². The van der Waals surface area contributed by atoms with Crippen LogP contribution >= 0.6 is 0 Å². The van der Waals surface area contributed by atoms with Crippen LogP contribution in [0.3, 0.4) is 0 Å². The SMILES string of the molecule is COc1cc(NC(=O)N2CCCC2)ccc1NC(C)=O. The molecule has 0 bridgehead atoms. The Hall–Kier alpha value is -2.24. The second kappa shape index (κ2) is 6.27. The minimum Gasteiger partial charge on any atom is -0.494 e. The minimum absolute atomic E-state index is 0.100. The van der Waals surface area contributed by atoms with Gasteiger partial charge in [0.1, 0.15) is 5.75 Å². The van der Waals surface area contributed by atoms with E-state index in [1.165, 1.54) is 14.0 Å². The van der Waals surface area contributed by atoms with Crippen molar-refractivity contribution >= 4 is 23.3 Å². The van der Waals surface area contributed by atoms with Gasteiger partial charge in [0, 0.05) is 31.8 Å². The van der Waals surface area contributed by atoms with Crippen molar-refractivity contribution < 1.29 is 14.3 Å². The topological polar surface area (TPSA) is 70.7 Å². The van der Waals surface area contributed by atoms with Crippen molar-refractivity contribution in [2.75, 3.05) is 30.8 Å². The fraction of sp³-hybridized carbons (Fsp3) is 0.429. The lowest BCUT2D eigenvalue weighted by molar-refractivity contribution is -0.114. The summed E-state index contributed by atoms with van der Waals surface area (Å²) >= 11 is 0. The van der Waals surface area contributed by atoms with Crippen LogP contribution in [0.4, 0.5) is 16.2 Å². The Kier molecular flexibility index (Phi) is 4.45. The number of nitrogens with one attached hydrogen (secondary N) is 2. The Labute approximate surface area is 118 Å². The van der Waals surface area contributed by atoms with E-state index >= 15 is 0 Å². The van der Waals surface area contributed by atoms with E-state index < -0.39 is 0 Å². The van der Waals surface area contributed by atoms with Gasteiger partial charge < -0.3 is 20.3 Å². The van der Waals surface area contributed by atoms with Crippen molar-refractivity contribution in [2.45, 2.75) is 19.8 Å². The number of hydrogen-bond acceptors (Lipinski definition) is 3. The Morgan fingerprint density at radius 1 is 1.20 bits per heavy atom. The van der Waals surface area contributed by atoms with E-state index in [0.717, 1.165) is 25.9 Å². The molecule has 6 heteroatoms. The van der Waals surface area contributed by atoms with Gasteiger partial charge in [0.25, 0.3) is 0 Å². The molecule has 1 heterocycles. The van der Waals surface area contributed by atoms with Gasteiger partial charge in [-0.2, -0.15) is 0 Å². The molecule has 1 aliphatic rings. The highest BCUT2D eigenvalue weighted by Gasteiger charge is 2.18. The van der Waals surface area contributed by atoms with Crippen LogP contribution in [0.5, 0.6) is 5.75 Å². The predicted molar refractivity (Wildman–Crippen MR) is 77.1 cm³/mol. The third kappa shape index (κ3) is 3.40. The molecule has 0 radical (unpaired) electrons. The minimum atomic E-state index is -0.169. The normalized spacial score (nSPS) is 14.0. The molecule has 2 rings (SSSR count). The van der Waals surface area contributed by atoms with Crippen molar-refractivity contribution in [3.8, 4) is 5.75 Å². The van der Waals surface area contributed by atoms with Crippen LogP contribution < -0.4 is 15.4 Å². The summed E-state index contributed by atoms with van der Waals surface area (Å²) in [5, 5.41) is 5.51. The van der Waals surface area contributed by atoms with Gasteiger partial charge >= 0.3 is 6.03 Å². The van der Waals surface area contributed by atoms with Gasteiger partial charge in [0.2, 0.25) is 5.91 Å². The Balaban J connectivity index is 2.08. The summed E-state index contributed by atoms with van der Waals surface area (Å²) < 4.78 is 5.21. The first kappa shape index (κ1) is 14.2. The number of rotatable bonds is 3. The molecule has 108 valence electrons. The first-order valence-electron chi connectivity index (χ1n) is 6.61. The summed E-state index contributed by atoms with van der Waals surface area (Å²) in [6.45, 7) is 3.03. The molecular weight excluding hydrogens is 258 g/mol. The summed E-state index contributed by atoms with van der Waals surface area (Å²) in [7, 11) is 1.52. The monoisotopic (exact) mass is 277 g/mol. The zero-order valence-corrected chi connectivity index (χ0v) is 11.7. The van der Waals surface area contributed by atoms with E-state index in [0.29, 0.717) is 17.1 Å².